The summed E-state index contributed by atoms with van der Waals surface area (Å²) in [5, 5.41) is 0. The molecule has 0 aromatic rings. The van der Waals surface area contributed by atoms with E-state index in [2.05, 4.69) is 0 Å². The van der Waals surface area contributed by atoms with E-state index >= 15 is 8.78 Å². The molecule has 0 amide bonds. The van der Waals surface area contributed by atoms with Crippen molar-refractivity contribution < 1.29 is 22.3 Å². The van der Waals surface area contributed by atoms with Gasteiger partial charge in [-0.05, 0) is 119 Å². The Bertz CT molecular complexity index is 601. The maximum atomic E-state index is 15.2. The molecule has 4 rings (SSSR count). The van der Waals surface area contributed by atoms with Crippen molar-refractivity contribution in [2.75, 3.05) is 6.61 Å². The lowest BCUT2D eigenvalue weighted by Gasteiger charge is -2.42. The quantitative estimate of drug-likeness (QED) is 0.326. The first-order chi connectivity index (χ1) is 16.4. The number of ether oxygens (including phenoxy) is 1. The predicted molar refractivity (Wildman–Crippen MR) is 130 cm³/mol. The second-order valence-electron chi connectivity index (χ2n) is 12.3. The summed E-state index contributed by atoms with van der Waals surface area (Å²) < 4.78 is 64.8. The van der Waals surface area contributed by atoms with Crippen LogP contribution in [-0.4, -0.2) is 37.4 Å². The molecule has 4 aliphatic carbocycles. The average Bonchev–Trinajstić information content (AvgIpc) is 2.85. The third-order valence-electron chi connectivity index (χ3n) is 10.4. The number of alkyl halides is 4. The molecule has 8 atom stereocenters. The van der Waals surface area contributed by atoms with E-state index in [-0.39, 0.29) is 23.7 Å². The number of rotatable bonds is 7. The highest BCUT2D eigenvalue weighted by molar-refractivity contribution is 4.94. The zero-order chi connectivity index (χ0) is 24.2. The summed E-state index contributed by atoms with van der Waals surface area (Å²) in [6.07, 6.45) is 7.99. The Balaban J connectivity index is 1.18. The SMILES string of the molecule is CCOC1CCC(C2CC[C@H](CCC3CCC(C4CCC(C)C(F)C4F)CC3)C(F)C2F)CC1. The van der Waals surface area contributed by atoms with E-state index < -0.39 is 24.7 Å². The molecule has 0 heterocycles. The van der Waals surface area contributed by atoms with Crippen LogP contribution in [0, 0.1) is 41.4 Å². The molecule has 0 aliphatic heterocycles. The fraction of sp³-hybridized carbons (Fsp3) is 1.00. The average molecular weight is 489 g/mol. The maximum Gasteiger partial charge on any atom is 0.134 e. The summed E-state index contributed by atoms with van der Waals surface area (Å²) >= 11 is 0. The summed E-state index contributed by atoms with van der Waals surface area (Å²) in [5.41, 5.74) is 0. The Morgan fingerprint density at radius 3 is 1.76 bits per heavy atom. The molecule has 4 aliphatic rings. The van der Waals surface area contributed by atoms with Crippen LogP contribution in [0.4, 0.5) is 17.6 Å². The molecule has 198 valence electrons. The van der Waals surface area contributed by atoms with Gasteiger partial charge in [0.25, 0.3) is 0 Å². The maximum absolute atomic E-state index is 15.2. The second kappa shape index (κ2) is 12.3. The van der Waals surface area contributed by atoms with Gasteiger partial charge in [-0.25, -0.2) is 17.6 Å². The molecule has 0 saturated heterocycles. The van der Waals surface area contributed by atoms with Crippen molar-refractivity contribution in [3.05, 3.63) is 0 Å². The topological polar surface area (TPSA) is 9.23 Å². The molecule has 4 fully saturated rings. The fourth-order valence-corrected chi connectivity index (χ4v) is 8.11. The van der Waals surface area contributed by atoms with Gasteiger partial charge >= 0.3 is 0 Å². The highest BCUT2D eigenvalue weighted by Crippen LogP contribution is 2.47. The minimum absolute atomic E-state index is 0.115. The zero-order valence-corrected chi connectivity index (χ0v) is 21.5. The van der Waals surface area contributed by atoms with Crippen molar-refractivity contribution in [3.8, 4) is 0 Å². The monoisotopic (exact) mass is 488 g/mol. The lowest BCUT2D eigenvalue weighted by molar-refractivity contribution is -0.0333. The number of hydrogen-bond donors (Lipinski definition) is 0. The molecule has 1 nitrogen and oxygen atoms in total. The van der Waals surface area contributed by atoms with Crippen LogP contribution in [0.25, 0.3) is 0 Å². The second-order valence-corrected chi connectivity index (χ2v) is 12.3. The van der Waals surface area contributed by atoms with Gasteiger partial charge in [0.15, 0.2) is 0 Å². The zero-order valence-electron chi connectivity index (χ0n) is 21.5. The summed E-state index contributed by atoms with van der Waals surface area (Å²) in [5.74, 6) is 0.613. The predicted octanol–water partition coefficient (Wildman–Crippen LogP) is 8.59. The summed E-state index contributed by atoms with van der Waals surface area (Å²) in [6, 6.07) is 0. The van der Waals surface area contributed by atoms with Gasteiger partial charge in [0.1, 0.15) is 24.7 Å². The van der Waals surface area contributed by atoms with Crippen molar-refractivity contribution in [3.63, 3.8) is 0 Å². The van der Waals surface area contributed by atoms with Gasteiger partial charge in [-0.1, -0.05) is 26.2 Å². The number of hydrogen-bond acceptors (Lipinski definition) is 1. The summed E-state index contributed by atoms with van der Waals surface area (Å²) in [6.45, 7) is 4.57. The Labute approximate surface area is 205 Å². The molecule has 4 saturated carbocycles. The molecule has 0 aromatic heterocycles. The first-order valence-corrected chi connectivity index (χ1v) is 14.6. The highest BCUT2D eigenvalue weighted by atomic mass is 19.2. The standard InChI is InChI=1S/C29H48F4O/c1-3-34-23-14-11-21(12-15-23)25-17-13-22(27(31)29(25)33)10-7-19-5-8-20(9-6-19)24-16-4-18(2)26(30)28(24)32/h18-29H,3-17H2,1-2H3/t18?,19?,20?,21?,22-,23?,24?,25?,26?,27?,28?,29?/m0/s1. The van der Waals surface area contributed by atoms with Crippen LogP contribution in [0.5, 0.6) is 0 Å². The minimum Gasteiger partial charge on any atom is -0.379 e. The van der Waals surface area contributed by atoms with Crippen LogP contribution in [0.15, 0.2) is 0 Å². The van der Waals surface area contributed by atoms with Crippen molar-refractivity contribution in [1.82, 2.24) is 0 Å². The van der Waals surface area contributed by atoms with E-state index in [1.54, 1.807) is 0 Å². The third kappa shape index (κ3) is 6.14. The van der Waals surface area contributed by atoms with Gasteiger partial charge in [0.05, 0.1) is 6.10 Å². The first-order valence-electron chi connectivity index (χ1n) is 14.6. The van der Waals surface area contributed by atoms with E-state index in [0.717, 1.165) is 96.5 Å². The summed E-state index contributed by atoms with van der Waals surface area (Å²) in [4.78, 5) is 0. The Morgan fingerprint density at radius 2 is 1.15 bits per heavy atom. The molecule has 0 N–H and O–H groups in total. The lowest BCUT2D eigenvalue weighted by Crippen LogP contribution is -2.43. The number of halogens is 4. The van der Waals surface area contributed by atoms with Crippen LogP contribution in [0.2, 0.25) is 0 Å². The minimum atomic E-state index is -1.32. The van der Waals surface area contributed by atoms with Crippen LogP contribution in [0.3, 0.4) is 0 Å². The molecule has 7 unspecified atom stereocenters. The van der Waals surface area contributed by atoms with E-state index in [1.807, 2.05) is 13.8 Å². The molecular weight excluding hydrogens is 440 g/mol. The van der Waals surface area contributed by atoms with Crippen LogP contribution >= 0.6 is 0 Å². The van der Waals surface area contributed by atoms with Gasteiger partial charge in [-0.2, -0.15) is 0 Å². The van der Waals surface area contributed by atoms with E-state index in [0.29, 0.717) is 23.9 Å². The van der Waals surface area contributed by atoms with Gasteiger partial charge in [0, 0.05) is 6.61 Å². The third-order valence-corrected chi connectivity index (χ3v) is 10.4. The van der Waals surface area contributed by atoms with Gasteiger partial charge in [-0.3, -0.25) is 0 Å². The molecule has 0 bridgehead atoms. The van der Waals surface area contributed by atoms with Crippen molar-refractivity contribution in [2.45, 2.75) is 135 Å². The van der Waals surface area contributed by atoms with Crippen molar-refractivity contribution in [1.29, 1.82) is 0 Å². The summed E-state index contributed by atoms with van der Waals surface area (Å²) in [7, 11) is 0. The van der Waals surface area contributed by atoms with Gasteiger partial charge < -0.3 is 4.74 Å². The van der Waals surface area contributed by atoms with Crippen LogP contribution < -0.4 is 0 Å². The molecule has 34 heavy (non-hydrogen) atoms. The molecule has 5 heteroatoms. The van der Waals surface area contributed by atoms with E-state index in [4.69, 9.17) is 4.74 Å². The van der Waals surface area contributed by atoms with Gasteiger partial charge in [-0.15, -0.1) is 0 Å². The highest BCUT2D eigenvalue weighted by Gasteiger charge is 2.45. The largest absolute Gasteiger partial charge is 0.379 e. The lowest BCUT2D eigenvalue weighted by atomic mass is 9.66. The van der Waals surface area contributed by atoms with Crippen molar-refractivity contribution in [2.24, 2.45) is 41.4 Å². The smallest absolute Gasteiger partial charge is 0.134 e. The Morgan fingerprint density at radius 1 is 0.588 bits per heavy atom. The molecular formula is C29H48F4O. The van der Waals surface area contributed by atoms with E-state index in [9.17, 15) is 8.78 Å². The van der Waals surface area contributed by atoms with Crippen LogP contribution in [-0.2, 0) is 4.74 Å². The fourth-order valence-electron chi connectivity index (χ4n) is 8.11. The van der Waals surface area contributed by atoms with Gasteiger partial charge in [0.2, 0.25) is 0 Å². The Kier molecular flexibility index (Phi) is 9.66. The molecule has 0 radical (unpaired) electrons. The van der Waals surface area contributed by atoms with E-state index in [1.165, 1.54) is 0 Å². The molecule has 0 aromatic carbocycles. The first kappa shape index (κ1) is 26.7. The normalized spacial score (nSPS) is 48.5. The van der Waals surface area contributed by atoms with Crippen LogP contribution in [0.1, 0.15) is 104 Å². The van der Waals surface area contributed by atoms with Crippen molar-refractivity contribution >= 4 is 0 Å². The molecule has 0 spiro atoms. The Hall–Kier alpha value is -0.320.